The highest BCUT2D eigenvalue weighted by Crippen LogP contribution is 2.27. The van der Waals surface area contributed by atoms with E-state index in [1.54, 1.807) is 0 Å². The number of benzene rings is 2. The molecule has 0 heterocycles. The quantitative estimate of drug-likeness (QED) is 0.645. The van der Waals surface area contributed by atoms with E-state index in [4.69, 9.17) is 0 Å². The second kappa shape index (κ2) is 8.35. The molecule has 0 saturated carbocycles. The fourth-order valence-electron chi connectivity index (χ4n) is 2.66. The Kier molecular flexibility index (Phi) is 6.47. The Labute approximate surface area is 136 Å². The molecule has 0 aromatic heterocycles. The Morgan fingerprint density at radius 3 is 2.33 bits per heavy atom. The predicted molar refractivity (Wildman–Crippen MR) is 94.4 cm³/mol. The number of rotatable bonds is 7. The lowest BCUT2D eigenvalue weighted by atomic mass is 9.99. The number of halogens is 1. The molecule has 21 heavy (non-hydrogen) atoms. The van der Waals surface area contributed by atoms with Crippen LogP contribution in [0.1, 0.15) is 56.3 Å². The summed E-state index contributed by atoms with van der Waals surface area (Å²) < 4.78 is 1.17. The highest BCUT2D eigenvalue weighted by Gasteiger charge is 2.16. The third-order valence-electron chi connectivity index (χ3n) is 3.87. The van der Waals surface area contributed by atoms with Gasteiger partial charge in [-0.15, -0.1) is 0 Å². The predicted octanol–water partition coefficient (Wildman–Crippen LogP) is 6.03. The minimum atomic E-state index is 0.322. The van der Waals surface area contributed by atoms with Crippen molar-refractivity contribution in [2.24, 2.45) is 0 Å². The molecule has 0 fully saturated rings. The maximum Gasteiger partial charge on any atom is 0.0325 e. The van der Waals surface area contributed by atoms with Gasteiger partial charge in [0.15, 0.2) is 0 Å². The normalized spacial score (nSPS) is 13.9. The van der Waals surface area contributed by atoms with Crippen molar-refractivity contribution in [2.45, 2.75) is 45.2 Å². The summed E-state index contributed by atoms with van der Waals surface area (Å²) in [7, 11) is 0. The highest BCUT2D eigenvalue weighted by atomic mass is 79.9. The van der Waals surface area contributed by atoms with Crippen molar-refractivity contribution in [1.82, 2.24) is 5.32 Å². The fraction of sp³-hybridized carbons (Fsp3) is 0.368. The first-order chi connectivity index (χ1) is 10.2. The SMILES string of the molecule is CCCCC(N[C@@H](C)c1ccccc1Br)c1ccccc1. The smallest absolute Gasteiger partial charge is 0.0325 e. The molecular weight excluding hydrogens is 322 g/mol. The Balaban J connectivity index is 2.13. The molecule has 0 radical (unpaired) electrons. The van der Waals surface area contributed by atoms with Crippen molar-refractivity contribution in [3.05, 3.63) is 70.2 Å². The molecule has 0 amide bonds. The number of unbranched alkanes of at least 4 members (excludes halogenated alkanes) is 1. The molecule has 2 rings (SSSR count). The molecule has 2 aromatic rings. The second-order valence-corrected chi connectivity index (χ2v) is 6.37. The molecule has 2 heteroatoms. The number of nitrogens with one attached hydrogen (secondary N) is 1. The Morgan fingerprint density at radius 2 is 1.67 bits per heavy atom. The Morgan fingerprint density at radius 1 is 1.00 bits per heavy atom. The van der Waals surface area contributed by atoms with E-state index in [9.17, 15) is 0 Å². The van der Waals surface area contributed by atoms with Crippen LogP contribution in [0, 0.1) is 0 Å². The van der Waals surface area contributed by atoms with Crippen LogP contribution in [-0.2, 0) is 0 Å². The molecule has 0 saturated heterocycles. The summed E-state index contributed by atoms with van der Waals surface area (Å²) >= 11 is 3.66. The molecule has 0 spiro atoms. The van der Waals surface area contributed by atoms with Gasteiger partial charge in [0.1, 0.15) is 0 Å². The summed E-state index contributed by atoms with van der Waals surface area (Å²) in [5.74, 6) is 0. The molecule has 0 aliphatic carbocycles. The second-order valence-electron chi connectivity index (χ2n) is 5.52. The minimum Gasteiger partial charge on any atom is -0.303 e. The summed E-state index contributed by atoms with van der Waals surface area (Å²) in [4.78, 5) is 0. The average molecular weight is 346 g/mol. The van der Waals surface area contributed by atoms with E-state index in [2.05, 4.69) is 89.7 Å². The molecule has 1 unspecified atom stereocenters. The molecule has 0 bridgehead atoms. The van der Waals surface area contributed by atoms with Crippen LogP contribution in [0.4, 0.5) is 0 Å². The van der Waals surface area contributed by atoms with Crippen molar-refractivity contribution >= 4 is 15.9 Å². The third-order valence-corrected chi connectivity index (χ3v) is 4.59. The zero-order valence-corrected chi connectivity index (χ0v) is 14.4. The van der Waals surface area contributed by atoms with Gasteiger partial charge in [0.2, 0.25) is 0 Å². The third kappa shape index (κ3) is 4.69. The monoisotopic (exact) mass is 345 g/mol. The minimum absolute atomic E-state index is 0.322. The van der Waals surface area contributed by atoms with Gasteiger partial charge >= 0.3 is 0 Å². The van der Waals surface area contributed by atoms with E-state index in [0.717, 1.165) is 0 Å². The number of hydrogen-bond acceptors (Lipinski definition) is 1. The first-order valence-corrected chi connectivity index (χ1v) is 8.57. The van der Waals surface area contributed by atoms with E-state index < -0.39 is 0 Å². The van der Waals surface area contributed by atoms with Crippen LogP contribution < -0.4 is 5.32 Å². The van der Waals surface area contributed by atoms with Crippen LogP contribution in [0.3, 0.4) is 0 Å². The maximum absolute atomic E-state index is 3.80. The van der Waals surface area contributed by atoms with Crippen molar-refractivity contribution in [3.63, 3.8) is 0 Å². The van der Waals surface area contributed by atoms with Gasteiger partial charge in [0.25, 0.3) is 0 Å². The fourth-order valence-corrected chi connectivity index (χ4v) is 3.29. The summed E-state index contributed by atoms with van der Waals surface area (Å²) in [5.41, 5.74) is 2.69. The highest BCUT2D eigenvalue weighted by molar-refractivity contribution is 9.10. The van der Waals surface area contributed by atoms with Gasteiger partial charge in [-0.3, -0.25) is 0 Å². The molecule has 1 N–H and O–H groups in total. The Bertz CT molecular complexity index is 538. The van der Waals surface area contributed by atoms with Gasteiger partial charge in [-0.2, -0.15) is 0 Å². The average Bonchev–Trinajstić information content (AvgIpc) is 2.52. The van der Waals surface area contributed by atoms with Gasteiger partial charge < -0.3 is 5.32 Å². The summed E-state index contributed by atoms with van der Waals surface area (Å²) in [5, 5.41) is 3.80. The van der Waals surface area contributed by atoms with E-state index in [1.807, 2.05) is 0 Å². The first kappa shape index (κ1) is 16.3. The molecule has 0 aliphatic heterocycles. The van der Waals surface area contributed by atoms with Crippen LogP contribution in [-0.4, -0.2) is 0 Å². The summed E-state index contributed by atoms with van der Waals surface area (Å²) in [6.07, 6.45) is 3.65. The van der Waals surface area contributed by atoms with E-state index in [-0.39, 0.29) is 0 Å². The first-order valence-electron chi connectivity index (χ1n) is 7.77. The lowest BCUT2D eigenvalue weighted by Gasteiger charge is -2.25. The zero-order chi connectivity index (χ0) is 15.1. The van der Waals surface area contributed by atoms with Gasteiger partial charge in [-0.25, -0.2) is 0 Å². The Hall–Kier alpha value is -1.12. The topological polar surface area (TPSA) is 12.0 Å². The van der Waals surface area contributed by atoms with Crippen molar-refractivity contribution in [2.75, 3.05) is 0 Å². The van der Waals surface area contributed by atoms with E-state index in [0.29, 0.717) is 12.1 Å². The van der Waals surface area contributed by atoms with Crippen molar-refractivity contribution in [1.29, 1.82) is 0 Å². The van der Waals surface area contributed by atoms with Gasteiger partial charge in [-0.05, 0) is 30.5 Å². The van der Waals surface area contributed by atoms with Crippen LogP contribution in [0.2, 0.25) is 0 Å². The van der Waals surface area contributed by atoms with E-state index >= 15 is 0 Å². The standard InChI is InChI=1S/C19H24BrN/c1-3-4-14-19(16-10-6-5-7-11-16)21-15(2)17-12-8-9-13-18(17)20/h5-13,15,19,21H,3-4,14H2,1-2H3/t15-,19?/m0/s1. The van der Waals surface area contributed by atoms with Crippen LogP contribution in [0.25, 0.3) is 0 Å². The van der Waals surface area contributed by atoms with Crippen LogP contribution in [0.5, 0.6) is 0 Å². The van der Waals surface area contributed by atoms with Crippen LogP contribution >= 0.6 is 15.9 Å². The summed E-state index contributed by atoms with van der Waals surface area (Å²) in [6.45, 7) is 4.49. The lowest BCUT2D eigenvalue weighted by Crippen LogP contribution is -2.25. The van der Waals surface area contributed by atoms with Gasteiger partial charge in [0, 0.05) is 16.6 Å². The maximum atomic E-state index is 3.80. The largest absolute Gasteiger partial charge is 0.303 e. The molecular formula is C19H24BrN. The van der Waals surface area contributed by atoms with E-state index in [1.165, 1.54) is 34.9 Å². The molecule has 0 aliphatic rings. The summed E-state index contributed by atoms with van der Waals surface area (Å²) in [6, 6.07) is 20.0. The lowest BCUT2D eigenvalue weighted by molar-refractivity contribution is 0.431. The molecule has 2 aromatic carbocycles. The zero-order valence-electron chi connectivity index (χ0n) is 12.9. The van der Waals surface area contributed by atoms with Crippen LogP contribution in [0.15, 0.2) is 59.1 Å². The molecule has 2 atom stereocenters. The van der Waals surface area contributed by atoms with Gasteiger partial charge in [-0.1, -0.05) is 84.2 Å². The molecule has 1 nitrogen and oxygen atoms in total. The molecule has 112 valence electrons. The van der Waals surface area contributed by atoms with Gasteiger partial charge in [0.05, 0.1) is 0 Å². The number of hydrogen-bond donors (Lipinski definition) is 1. The van der Waals surface area contributed by atoms with Crippen molar-refractivity contribution in [3.8, 4) is 0 Å². The van der Waals surface area contributed by atoms with Crippen molar-refractivity contribution < 1.29 is 0 Å².